The van der Waals surface area contributed by atoms with Gasteiger partial charge in [-0.05, 0) is 74.4 Å². The van der Waals surface area contributed by atoms with Gasteiger partial charge in [0.05, 0.1) is 47.6 Å². The Morgan fingerprint density at radius 2 is 1.57 bits per heavy atom. The standard InChI is InChI=1S/C34H62N2O11/c1-17-13-33(7,41)30(47-32-27(38)24(35(9)10)12-18(2)43-32)19(3)28(46-25-14-34(8,42-11)29(39)22(6)44-25)20(4)31(40)45-23-15-36(16-23)21(5)26(17)37/h17-30,32,37-39,41H,12-16H2,1-11H3/t17-,18-,19+,20-,21+,22+,24+,25+,26+,27-,28+,29+,30-,32+,33+,34-/m1/s1. The summed E-state index contributed by atoms with van der Waals surface area (Å²) in [6.07, 6.45) is -6.78. The zero-order valence-corrected chi connectivity index (χ0v) is 30.2. The molecule has 5 heterocycles. The van der Waals surface area contributed by atoms with E-state index in [1.54, 1.807) is 27.7 Å². The minimum atomic E-state index is -1.57. The van der Waals surface area contributed by atoms with Crippen molar-refractivity contribution in [2.45, 2.75) is 159 Å². The predicted molar refractivity (Wildman–Crippen MR) is 172 cm³/mol. The van der Waals surface area contributed by atoms with Crippen molar-refractivity contribution in [3.05, 3.63) is 0 Å². The first-order chi connectivity index (χ1) is 21.8. The van der Waals surface area contributed by atoms with E-state index in [-0.39, 0.29) is 43.1 Å². The number of fused-ring (bicyclic) bond motifs is 10. The maximum atomic E-state index is 13.7. The van der Waals surface area contributed by atoms with E-state index in [4.69, 9.17) is 28.4 Å². The van der Waals surface area contributed by atoms with E-state index in [9.17, 15) is 25.2 Å². The molecule has 0 amide bonds. The van der Waals surface area contributed by atoms with Crippen LogP contribution < -0.4 is 0 Å². The van der Waals surface area contributed by atoms with Crippen molar-refractivity contribution in [1.29, 1.82) is 0 Å². The average Bonchev–Trinajstić information content (AvgIpc) is 2.97. The first-order valence-electron chi connectivity index (χ1n) is 17.3. The molecule has 0 aliphatic carbocycles. The van der Waals surface area contributed by atoms with Gasteiger partial charge in [-0.2, -0.15) is 0 Å². The highest BCUT2D eigenvalue weighted by atomic mass is 16.7. The normalized spacial score (nSPS) is 52.0. The van der Waals surface area contributed by atoms with Gasteiger partial charge in [-0.1, -0.05) is 13.8 Å². The minimum Gasteiger partial charge on any atom is -0.459 e. The molecule has 5 rings (SSSR count). The molecule has 5 aliphatic heterocycles. The van der Waals surface area contributed by atoms with E-state index >= 15 is 0 Å². The molecular formula is C34H62N2O11. The second kappa shape index (κ2) is 15.1. The molecule has 47 heavy (non-hydrogen) atoms. The van der Waals surface area contributed by atoms with Crippen LogP contribution in [0.2, 0.25) is 0 Å². The number of aliphatic hydroxyl groups is 4. The summed E-state index contributed by atoms with van der Waals surface area (Å²) in [5, 5.41) is 46.0. The summed E-state index contributed by atoms with van der Waals surface area (Å²) < 4.78 is 37.2. The largest absolute Gasteiger partial charge is 0.459 e. The van der Waals surface area contributed by atoms with Crippen LogP contribution in [-0.4, -0.2) is 155 Å². The van der Waals surface area contributed by atoms with E-state index in [1.807, 2.05) is 46.7 Å². The van der Waals surface area contributed by atoms with E-state index in [2.05, 4.69) is 4.90 Å². The molecule has 2 bridgehead atoms. The third-order valence-corrected chi connectivity index (χ3v) is 11.4. The molecule has 5 saturated heterocycles. The van der Waals surface area contributed by atoms with Crippen LogP contribution in [0.25, 0.3) is 0 Å². The summed E-state index contributed by atoms with van der Waals surface area (Å²) in [6, 6.07) is -0.466. The minimum absolute atomic E-state index is 0.163. The number of esters is 1. The van der Waals surface area contributed by atoms with Crippen LogP contribution in [0.3, 0.4) is 0 Å². The maximum Gasteiger partial charge on any atom is 0.311 e. The Hall–Kier alpha value is -0.970. The molecule has 0 aromatic carbocycles. The van der Waals surface area contributed by atoms with Gasteiger partial charge in [-0.3, -0.25) is 9.69 Å². The quantitative estimate of drug-likeness (QED) is 0.297. The van der Waals surface area contributed by atoms with Gasteiger partial charge in [0.25, 0.3) is 0 Å². The average molecular weight is 675 g/mol. The zero-order valence-electron chi connectivity index (χ0n) is 30.2. The molecule has 0 spiro atoms. The van der Waals surface area contributed by atoms with Crippen LogP contribution in [0, 0.1) is 17.8 Å². The number of ether oxygens (including phenoxy) is 6. The van der Waals surface area contributed by atoms with Crippen molar-refractivity contribution in [1.82, 2.24) is 9.80 Å². The fourth-order valence-electron chi connectivity index (χ4n) is 8.14. The topological polar surface area (TPSA) is 160 Å². The molecule has 0 aromatic heterocycles. The Balaban J connectivity index is 1.74. The Bertz CT molecular complexity index is 1040. The molecular weight excluding hydrogens is 612 g/mol. The van der Waals surface area contributed by atoms with Crippen molar-refractivity contribution in [2.24, 2.45) is 17.8 Å². The van der Waals surface area contributed by atoms with Crippen LogP contribution >= 0.6 is 0 Å². The van der Waals surface area contributed by atoms with Crippen LogP contribution in [0.1, 0.15) is 74.7 Å². The fraction of sp³-hybridized carbons (Fsp3) is 0.971. The number of carbonyl (C=O) groups excluding carboxylic acids is 1. The second-order valence-corrected chi connectivity index (χ2v) is 15.6. The Kier molecular flexibility index (Phi) is 12.5. The van der Waals surface area contributed by atoms with Crippen molar-refractivity contribution in [3.8, 4) is 0 Å². The molecule has 13 heteroatoms. The summed E-state index contributed by atoms with van der Waals surface area (Å²) in [6.45, 7) is 15.5. The van der Waals surface area contributed by atoms with Crippen molar-refractivity contribution < 1.29 is 53.6 Å². The molecule has 274 valence electrons. The smallest absolute Gasteiger partial charge is 0.311 e. The second-order valence-electron chi connectivity index (χ2n) is 15.6. The summed E-state index contributed by atoms with van der Waals surface area (Å²) in [4.78, 5) is 17.7. The lowest BCUT2D eigenvalue weighted by molar-refractivity contribution is -0.318. The molecule has 0 unspecified atom stereocenters. The van der Waals surface area contributed by atoms with E-state index in [0.29, 0.717) is 19.5 Å². The van der Waals surface area contributed by atoms with Gasteiger partial charge in [0.1, 0.15) is 18.3 Å². The van der Waals surface area contributed by atoms with E-state index in [0.717, 1.165) is 0 Å². The van der Waals surface area contributed by atoms with Crippen LogP contribution in [0.5, 0.6) is 0 Å². The molecule has 5 aliphatic rings. The van der Waals surface area contributed by atoms with Gasteiger partial charge in [0.15, 0.2) is 12.6 Å². The fourth-order valence-corrected chi connectivity index (χ4v) is 8.14. The molecule has 16 atom stereocenters. The lowest BCUT2D eigenvalue weighted by Gasteiger charge is -2.50. The van der Waals surface area contributed by atoms with Gasteiger partial charge >= 0.3 is 5.97 Å². The predicted octanol–water partition coefficient (Wildman–Crippen LogP) is 1.12. The molecule has 13 nitrogen and oxygen atoms in total. The number of methoxy groups -OCH3 is 1. The lowest BCUT2D eigenvalue weighted by Crippen LogP contribution is -2.62. The molecule has 0 saturated carbocycles. The number of hydrogen-bond donors (Lipinski definition) is 4. The number of aliphatic hydroxyl groups excluding tert-OH is 3. The van der Waals surface area contributed by atoms with Gasteiger partial charge < -0.3 is 53.7 Å². The Morgan fingerprint density at radius 3 is 2.17 bits per heavy atom. The van der Waals surface area contributed by atoms with Crippen molar-refractivity contribution in [2.75, 3.05) is 34.3 Å². The number of carbonyl (C=O) groups is 1. The number of rotatable bonds is 6. The summed E-state index contributed by atoms with van der Waals surface area (Å²) in [5.41, 5.74) is -2.53. The number of likely N-dealkylation sites (N-methyl/N-ethyl adjacent to an activating group) is 1. The highest BCUT2D eigenvalue weighted by Gasteiger charge is 2.52. The molecule has 4 N–H and O–H groups in total. The monoisotopic (exact) mass is 674 g/mol. The lowest BCUT2D eigenvalue weighted by atomic mass is 9.76. The van der Waals surface area contributed by atoms with Crippen LogP contribution in [-0.2, 0) is 33.2 Å². The summed E-state index contributed by atoms with van der Waals surface area (Å²) in [7, 11) is 5.31. The number of nitrogens with zero attached hydrogens (tertiary/aromatic N) is 2. The third-order valence-electron chi connectivity index (χ3n) is 11.4. The number of hydrogen-bond acceptors (Lipinski definition) is 13. The van der Waals surface area contributed by atoms with Crippen molar-refractivity contribution >= 4 is 5.97 Å². The Morgan fingerprint density at radius 1 is 0.936 bits per heavy atom. The van der Waals surface area contributed by atoms with Crippen LogP contribution in [0.15, 0.2) is 0 Å². The summed E-state index contributed by atoms with van der Waals surface area (Å²) >= 11 is 0. The highest BCUT2D eigenvalue weighted by Crippen LogP contribution is 2.40. The maximum absolute atomic E-state index is 13.7. The highest BCUT2D eigenvalue weighted by molar-refractivity contribution is 5.73. The van der Waals surface area contributed by atoms with Gasteiger partial charge in [-0.25, -0.2) is 0 Å². The zero-order chi connectivity index (χ0) is 35.2. The van der Waals surface area contributed by atoms with Gasteiger partial charge in [0.2, 0.25) is 0 Å². The first-order valence-corrected chi connectivity index (χ1v) is 17.3. The molecule has 5 fully saturated rings. The van der Waals surface area contributed by atoms with Crippen LogP contribution in [0.4, 0.5) is 0 Å². The SMILES string of the molecule is CO[C@]1(C)C[C@H](O[C@H]2[C@H](C)[C@@H](O[C@@H]3O[C@H](C)C[C@H](N(C)C)[C@H]3O)[C@@](C)(O)C[C@@H](C)[C@H](O)[C@H](C)N3CC(C3)OC(=O)[C@@H]2C)O[C@@H](C)[C@@H]1O. The third kappa shape index (κ3) is 8.33. The Labute approximate surface area is 280 Å². The van der Waals surface area contributed by atoms with Gasteiger partial charge in [-0.15, -0.1) is 0 Å². The van der Waals surface area contributed by atoms with E-state index < -0.39 is 78.2 Å². The summed E-state index contributed by atoms with van der Waals surface area (Å²) in [5.74, 6) is -2.29. The molecule has 0 radical (unpaired) electrons. The van der Waals surface area contributed by atoms with E-state index in [1.165, 1.54) is 7.11 Å². The van der Waals surface area contributed by atoms with Crippen molar-refractivity contribution in [3.63, 3.8) is 0 Å². The first kappa shape index (κ1) is 38.8. The molecule has 0 aromatic rings. The van der Waals surface area contributed by atoms with Gasteiger partial charge in [0, 0.05) is 44.6 Å².